The minimum absolute atomic E-state index is 0.275. The number of nitrogens with two attached hydrogens (primary N) is 1. The van der Waals surface area contributed by atoms with Crippen LogP contribution in [0.3, 0.4) is 0 Å². The maximum absolute atomic E-state index is 12.3. The van der Waals surface area contributed by atoms with Gasteiger partial charge in [0, 0.05) is 20.3 Å². The predicted molar refractivity (Wildman–Crippen MR) is 72.9 cm³/mol. The van der Waals surface area contributed by atoms with Gasteiger partial charge in [-0.15, -0.1) is 0 Å². The topological polar surface area (TPSA) is 90.8 Å². The quantitative estimate of drug-likeness (QED) is 0.858. The molecule has 0 aliphatic heterocycles. The Labute approximate surface area is 111 Å². The molecule has 0 aliphatic rings. The lowest BCUT2D eigenvalue weighted by Gasteiger charge is -2.04. The highest BCUT2D eigenvalue weighted by Gasteiger charge is 2.20. The van der Waals surface area contributed by atoms with Crippen LogP contribution in [0.25, 0.3) is 0 Å². The Balaban J connectivity index is 2.30. The van der Waals surface area contributed by atoms with E-state index in [-0.39, 0.29) is 5.91 Å². The van der Waals surface area contributed by atoms with Crippen LogP contribution in [0.4, 0.5) is 11.4 Å². The molecule has 3 N–H and O–H groups in total. The fourth-order valence-corrected chi connectivity index (χ4v) is 2.03. The molecule has 0 atom stereocenters. The Bertz CT molecular complexity index is 624. The SMILES string of the molecule is CCc1nn(C)c(C(=O)Nc2cn(C)nc2C)c1N. The molecule has 0 saturated heterocycles. The van der Waals surface area contributed by atoms with Gasteiger partial charge in [0.25, 0.3) is 5.91 Å². The number of amides is 1. The van der Waals surface area contributed by atoms with Gasteiger partial charge in [0.05, 0.1) is 22.8 Å². The Morgan fingerprint density at radius 1 is 1.42 bits per heavy atom. The molecule has 0 unspecified atom stereocenters. The van der Waals surface area contributed by atoms with Crippen LogP contribution in [0, 0.1) is 6.92 Å². The van der Waals surface area contributed by atoms with Crippen molar-refractivity contribution in [2.24, 2.45) is 14.1 Å². The highest BCUT2D eigenvalue weighted by atomic mass is 16.2. The van der Waals surface area contributed by atoms with Gasteiger partial charge in [-0.3, -0.25) is 14.2 Å². The zero-order valence-corrected chi connectivity index (χ0v) is 11.6. The highest BCUT2D eigenvalue weighted by Crippen LogP contribution is 2.19. The molecule has 7 nitrogen and oxygen atoms in total. The molecule has 2 aromatic heterocycles. The highest BCUT2D eigenvalue weighted by molar-refractivity contribution is 6.07. The number of carbonyl (C=O) groups excluding carboxylic acids is 1. The van der Waals surface area contributed by atoms with E-state index in [1.54, 1.807) is 25.0 Å². The van der Waals surface area contributed by atoms with E-state index in [9.17, 15) is 4.79 Å². The second-order valence-electron chi connectivity index (χ2n) is 4.44. The molecule has 0 spiro atoms. The zero-order valence-electron chi connectivity index (χ0n) is 11.6. The predicted octanol–water partition coefficient (Wildman–Crippen LogP) is 0.859. The Kier molecular flexibility index (Phi) is 3.28. The summed E-state index contributed by atoms with van der Waals surface area (Å²) in [6.45, 7) is 3.78. The molecule has 2 rings (SSSR count). The fraction of sp³-hybridized carbons (Fsp3) is 0.417. The van der Waals surface area contributed by atoms with Crippen LogP contribution < -0.4 is 11.1 Å². The summed E-state index contributed by atoms with van der Waals surface area (Å²) < 4.78 is 3.16. The molecule has 0 radical (unpaired) electrons. The van der Waals surface area contributed by atoms with Crippen LogP contribution in [0.1, 0.15) is 28.8 Å². The average Bonchev–Trinajstić information content (AvgIpc) is 2.79. The number of rotatable bonds is 3. The lowest BCUT2D eigenvalue weighted by molar-refractivity contribution is 0.101. The van der Waals surface area contributed by atoms with E-state index < -0.39 is 0 Å². The summed E-state index contributed by atoms with van der Waals surface area (Å²) in [5.74, 6) is -0.275. The average molecular weight is 262 g/mol. The fourth-order valence-electron chi connectivity index (χ4n) is 2.03. The van der Waals surface area contributed by atoms with Crippen molar-refractivity contribution < 1.29 is 4.79 Å². The number of aryl methyl sites for hydroxylation is 4. The van der Waals surface area contributed by atoms with E-state index in [1.165, 1.54) is 4.68 Å². The summed E-state index contributed by atoms with van der Waals surface area (Å²) in [7, 11) is 3.51. The molecular formula is C12H18N6O. The van der Waals surface area contributed by atoms with Gasteiger partial charge in [-0.2, -0.15) is 10.2 Å². The van der Waals surface area contributed by atoms with E-state index in [1.807, 2.05) is 13.8 Å². The molecule has 7 heteroatoms. The van der Waals surface area contributed by atoms with Crippen molar-refractivity contribution in [1.82, 2.24) is 19.6 Å². The van der Waals surface area contributed by atoms with E-state index in [0.717, 1.165) is 11.4 Å². The lowest BCUT2D eigenvalue weighted by atomic mass is 10.2. The second kappa shape index (κ2) is 4.75. The third-order valence-electron chi connectivity index (χ3n) is 2.97. The van der Waals surface area contributed by atoms with Gasteiger partial charge in [0.1, 0.15) is 5.69 Å². The Morgan fingerprint density at radius 3 is 2.58 bits per heavy atom. The largest absolute Gasteiger partial charge is 0.395 e. The third-order valence-corrected chi connectivity index (χ3v) is 2.97. The number of nitrogens with one attached hydrogen (secondary N) is 1. The van der Waals surface area contributed by atoms with Gasteiger partial charge in [-0.25, -0.2) is 0 Å². The van der Waals surface area contributed by atoms with Crippen molar-refractivity contribution in [3.8, 4) is 0 Å². The van der Waals surface area contributed by atoms with Crippen molar-refractivity contribution in [3.63, 3.8) is 0 Å². The smallest absolute Gasteiger partial charge is 0.276 e. The molecule has 19 heavy (non-hydrogen) atoms. The van der Waals surface area contributed by atoms with Crippen LogP contribution in [-0.4, -0.2) is 25.5 Å². The summed E-state index contributed by atoms with van der Waals surface area (Å²) in [5.41, 5.74) is 8.92. The minimum Gasteiger partial charge on any atom is -0.395 e. The molecule has 0 aromatic carbocycles. The van der Waals surface area contributed by atoms with Crippen molar-refractivity contribution >= 4 is 17.3 Å². The van der Waals surface area contributed by atoms with Crippen LogP contribution in [-0.2, 0) is 20.5 Å². The summed E-state index contributed by atoms with van der Waals surface area (Å²) in [6, 6.07) is 0. The van der Waals surface area contributed by atoms with E-state index in [0.29, 0.717) is 23.5 Å². The summed E-state index contributed by atoms with van der Waals surface area (Å²) in [4.78, 5) is 12.3. The van der Waals surface area contributed by atoms with Gasteiger partial charge in [0.15, 0.2) is 0 Å². The van der Waals surface area contributed by atoms with Crippen molar-refractivity contribution in [3.05, 3.63) is 23.3 Å². The van der Waals surface area contributed by atoms with Crippen LogP contribution in [0.15, 0.2) is 6.20 Å². The zero-order chi connectivity index (χ0) is 14.2. The second-order valence-corrected chi connectivity index (χ2v) is 4.44. The number of aromatic nitrogens is 4. The van der Waals surface area contributed by atoms with Gasteiger partial charge in [0.2, 0.25) is 0 Å². The molecule has 0 aliphatic carbocycles. The summed E-state index contributed by atoms with van der Waals surface area (Å²) in [6.07, 6.45) is 2.44. The first-order valence-corrected chi connectivity index (χ1v) is 6.07. The normalized spacial score (nSPS) is 10.7. The maximum Gasteiger partial charge on any atom is 0.276 e. The van der Waals surface area contributed by atoms with Gasteiger partial charge >= 0.3 is 0 Å². The molecule has 2 heterocycles. The number of anilines is 2. The number of hydrogen-bond donors (Lipinski definition) is 2. The number of hydrogen-bond acceptors (Lipinski definition) is 4. The molecule has 2 aromatic rings. The van der Waals surface area contributed by atoms with Gasteiger partial charge in [-0.05, 0) is 13.3 Å². The lowest BCUT2D eigenvalue weighted by Crippen LogP contribution is -2.17. The van der Waals surface area contributed by atoms with E-state index >= 15 is 0 Å². The number of carbonyl (C=O) groups is 1. The van der Waals surface area contributed by atoms with Gasteiger partial charge < -0.3 is 11.1 Å². The molecule has 102 valence electrons. The standard InChI is InChI=1S/C12H18N6O/c1-5-8-10(13)11(18(4)16-8)12(19)14-9-6-17(3)15-7(9)2/h6H,5,13H2,1-4H3,(H,14,19). The Hall–Kier alpha value is -2.31. The third kappa shape index (κ3) is 2.31. The molecular weight excluding hydrogens is 244 g/mol. The number of nitrogens with zero attached hydrogens (tertiary/aromatic N) is 4. The maximum atomic E-state index is 12.3. The Morgan fingerprint density at radius 2 is 2.11 bits per heavy atom. The van der Waals surface area contributed by atoms with Crippen LogP contribution in [0.2, 0.25) is 0 Å². The molecule has 0 saturated carbocycles. The van der Waals surface area contributed by atoms with Crippen molar-refractivity contribution in [1.29, 1.82) is 0 Å². The van der Waals surface area contributed by atoms with E-state index in [4.69, 9.17) is 5.73 Å². The molecule has 0 fully saturated rings. The van der Waals surface area contributed by atoms with Crippen molar-refractivity contribution in [2.45, 2.75) is 20.3 Å². The van der Waals surface area contributed by atoms with Crippen molar-refractivity contribution in [2.75, 3.05) is 11.1 Å². The molecule has 1 amide bonds. The minimum atomic E-state index is -0.275. The van der Waals surface area contributed by atoms with Crippen LogP contribution in [0.5, 0.6) is 0 Å². The first kappa shape index (κ1) is 13.1. The monoisotopic (exact) mass is 262 g/mol. The molecule has 0 bridgehead atoms. The van der Waals surface area contributed by atoms with Crippen LogP contribution >= 0.6 is 0 Å². The first-order valence-electron chi connectivity index (χ1n) is 6.07. The van der Waals surface area contributed by atoms with Gasteiger partial charge in [-0.1, -0.05) is 6.92 Å². The summed E-state index contributed by atoms with van der Waals surface area (Å²) >= 11 is 0. The number of nitrogen functional groups attached to an aromatic ring is 1. The summed E-state index contributed by atoms with van der Waals surface area (Å²) in [5, 5.41) is 11.2. The first-order chi connectivity index (χ1) is 8.93. The van der Waals surface area contributed by atoms with E-state index in [2.05, 4.69) is 15.5 Å².